The molecule has 0 saturated heterocycles. The molecule has 0 spiro atoms. The van der Waals surface area contributed by atoms with Crippen molar-refractivity contribution in [3.05, 3.63) is 0 Å². The molecule has 3 N–H and O–H groups in total. The first kappa shape index (κ1) is 10.9. The Labute approximate surface area is 84.1 Å². The molecule has 1 aliphatic carbocycles. The van der Waals surface area contributed by atoms with Crippen molar-refractivity contribution in [3.63, 3.8) is 0 Å². The first-order valence-corrected chi connectivity index (χ1v) is 5.22. The summed E-state index contributed by atoms with van der Waals surface area (Å²) >= 11 is 4.41. The largest absolute Gasteiger partial charge is 0.480 e. The Bertz CT molecular complexity index is 188. The topological polar surface area (TPSA) is 63.3 Å². The van der Waals surface area contributed by atoms with Gasteiger partial charge in [0.25, 0.3) is 0 Å². The second kappa shape index (κ2) is 4.33. The van der Waals surface area contributed by atoms with E-state index >= 15 is 0 Å². The summed E-state index contributed by atoms with van der Waals surface area (Å²) in [6.45, 7) is 2.07. The van der Waals surface area contributed by atoms with Gasteiger partial charge in [-0.15, -0.1) is 0 Å². The molecule has 3 nitrogen and oxygen atoms in total. The third-order valence-electron chi connectivity index (χ3n) is 2.96. The van der Waals surface area contributed by atoms with Crippen molar-refractivity contribution in [2.45, 2.75) is 37.5 Å². The molecule has 0 aliphatic heterocycles. The summed E-state index contributed by atoms with van der Waals surface area (Å²) in [6, 6.07) is -0.752. The fourth-order valence-electron chi connectivity index (χ4n) is 2.17. The van der Waals surface area contributed by atoms with Crippen molar-refractivity contribution < 1.29 is 9.90 Å². The maximum atomic E-state index is 10.7. The van der Waals surface area contributed by atoms with Crippen LogP contribution in [0.15, 0.2) is 0 Å². The van der Waals surface area contributed by atoms with Gasteiger partial charge in [-0.1, -0.05) is 19.8 Å². The average Bonchev–Trinajstić information content (AvgIpc) is 2.03. The van der Waals surface area contributed by atoms with Crippen LogP contribution in [-0.2, 0) is 4.79 Å². The summed E-state index contributed by atoms with van der Waals surface area (Å²) < 4.78 is 0. The van der Waals surface area contributed by atoms with E-state index in [2.05, 4.69) is 19.6 Å². The third kappa shape index (κ3) is 2.38. The number of rotatable bonds is 2. The van der Waals surface area contributed by atoms with Gasteiger partial charge in [-0.3, -0.25) is 4.79 Å². The first-order valence-electron chi connectivity index (χ1n) is 4.70. The highest BCUT2D eigenvalue weighted by Crippen LogP contribution is 2.34. The van der Waals surface area contributed by atoms with E-state index in [9.17, 15) is 4.79 Å². The Morgan fingerprint density at radius 1 is 1.62 bits per heavy atom. The van der Waals surface area contributed by atoms with E-state index in [1.807, 2.05) is 0 Å². The number of hydrogen-bond donors (Lipinski definition) is 3. The van der Waals surface area contributed by atoms with E-state index in [4.69, 9.17) is 10.8 Å². The van der Waals surface area contributed by atoms with E-state index in [1.54, 1.807) is 0 Å². The van der Waals surface area contributed by atoms with Crippen LogP contribution in [0.4, 0.5) is 0 Å². The molecular weight excluding hydrogens is 186 g/mol. The van der Waals surface area contributed by atoms with Gasteiger partial charge in [-0.2, -0.15) is 12.6 Å². The van der Waals surface area contributed by atoms with E-state index in [0.29, 0.717) is 5.92 Å². The van der Waals surface area contributed by atoms with Crippen molar-refractivity contribution in [2.75, 3.05) is 0 Å². The smallest absolute Gasteiger partial charge is 0.320 e. The molecule has 0 amide bonds. The molecule has 0 bridgehead atoms. The van der Waals surface area contributed by atoms with Gasteiger partial charge in [-0.05, 0) is 18.3 Å². The van der Waals surface area contributed by atoms with Crippen LogP contribution in [0.2, 0.25) is 0 Å². The summed E-state index contributed by atoms with van der Waals surface area (Å²) in [5.74, 6) is -0.505. The molecule has 4 heteroatoms. The van der Waals surface area contributed by atoms with Crippen LogP contribution < -0.4 is 5.73 Å². The van der Waals surface area contributed by atoms with Crippen LogP contribution in [0, 0.1) is 11.8 Å². The molecule has 0 aromatic carbocycles. The van der Waals surface area contributed by atoms with Crippen molar-refractivity contribution in [3.8, 4) is 0 Å². The predicted octanol–water partition coefficient (Wildman–Crippen LogP) is 1.13. The fraction of sp³-hybridized carbons (Fsp3) is 0.889. The minimum absolute atomic E-state index is 0.0228. The highest BCUT2D eigenvalue weighted by molar-refractivity contribution is 7.81. The Hall–Kier alpha value is -0.220. The molecule has 0 radical (unpaired) electrons. The van der Waals surface area contributed by atoms with Crippen LogP contribution in [0.3, 0.4) is 0 Å². The van der Waals surface area contributed by atoms with E-state index in [-0.39, 0.29) is 11.2 Å². The van der Waals surface area contributed by atoms with Gasteiger partial charge in [0.15, 0.2) is 0 Å². The third-order valence-corrected chi connectivity index (χ3v) is 3.56. The monoisotopic (exact) mass is 203 g/mol. The average molecular weight is 203 g/mol. The van der Waals surface area contributed by atoms with Gasteiger partial charge >= 0.3 is 5.97 Å². The Balaban J connectivity index is 2.67. The highest BCUT2D eigenvalue weighted by atomic mass is 32.1. The number of nitrogens with two attached hydrogens (primary N) is 1. The Morgan fingerprint density at radius 2 is 2.23 bits per heavy atom. The van der Waals surface area contributed by atoms with Gasteiger partial charge in [0.2, 0.25) is 0 Å². The number of carboxylic acid groups (broad SMARTS) is 1. The van der Waals surface area contributed by atoms with Crippen molar-refractivity contribution in [1.82, 2.24) is 0 Å². The summed E-state index contributed by atoms with van der Waals surface area (Å²) in [7, 11) is 0. The van der Waals surface area contributed by atoms with Gasteiger partial charge in [0.05, 0.1) is 0 Å². The van der Waals surface area contributed by atoms with Gasteiger partial charge in [-0.25, -0.2) is 0 Å². The Morgan fingerprint density at radius 3 is 2.69 bits per heavy atom. The lowest BCUT2D eigenvalue weighted by Gasteiger charge is -2.36. The van der Waals surface area contributed by atoms with Crippen LogP contribution in [0.5, 0.6) is 0 Å². The SMILES string of the molecule is CC1CCCC(S)C1C(N)C(=O)O. The molecule has 76 valence electrons. The molecule has 0 aromatic rings. The molecule has 1 aliphatic rings. The molecule has 1 saturated carbocycles. The second-order valence-corrected chi connectivity index (χ2v) is 4.58. The maximum absolute atomic E-state index is 10.7. The zero-order valence-corrected chi connectivity index (χ0v) is 8.71. The number of hydrogen-bond acceptors (Lipinski definition) is 3. The highest BCUT2D eigenvalue weighted by Gasteiger charge is 2.36. The zero-order chi connectivity index (χ0) is 10.0. The molecule has 4 atom stereocenters. The molecule has 1 rings (SSSR count). The fourth-order valence-corrected chi connectivity index (χ4v) is 2.83. The van der Waals surface area contributed by atoms with Crippen molar-refractivity contribution in [1.29, 1.82) is 0 Å². The maximum Gasteiger partial charge on any atom is 0.320 e. The van der Waals surface area contributed by atoms with Crippen LogP contribution in [0.25, 0.3) is 0 Å². The lowest BCUT2D eigenvalue weighted by atomic mass is 9.76. The lowest BCUT2D eigenvalue weighted by Crippen LogP contribution is -2.46. The number of thiol groups is 1. The van der Waals surface area contributed by atoms with E-state index in [1.165, 1.54) is 0 Å². The lowest BCUT2D eigenvalue weighted by molar-refractivity contribution is -0.140. The first-order chi connectivity index (χ1) is 6.04. The van der Waals surface area contributed by atoms with Crippen molar-refractivity contribution in [2.24, 2.45) is 17.6 Å². The van der Waals surface area contributed by atoms with Crippen LogP contribution in [0.1, 0.15) is 26.2 Å². The predicted molar refractivity (Wildman–Crippen MR) is 54.9 cm³/mol. The standard InChI is InChI=1S/C9H17NO2S/c1-5-3-2-4-6(13)7(5)8(10)9(11)12/h5-8,13H,2-4,10H2,1H3,(H,11,12). The minimum atomic E-state index is -0.905. The zero-order valence-electron chi connectivity index (χ0n) is 7.81. The molecule has 1 fully saturated rings. The normalized spacial score (nSPS) is 37.0. The number of aliphatic carboxylic acids is 1. The summed E-state index contributed by atoms with van der Waals surface area (Å²) in [6.07, 6.45) is 3.19. The molecule has 4 unspecified atom stereocenters. The van der Waals surface area contributed by atoms with Gasteiger partial charge < -0.3 is 10.8 Å². The molecular formula is C9H17NO2S. The second-order valence-electron chi connectivity index (χ2n) is 3.92. The summed E-state index contributed by atoms with van der Waals surface area (Å²) in [4.78, 5) is 10.7. The number of carbonyl (C=O) groups is 1. The number of carboxylic acids is 1. The van der Waals surface area contributed by atoms with Gasteiger partial charge in [0.1, 0.15) is 6.04 Å². The minimum Gasteiger partial charge on any atom is -0.480 e. The summed E-state index contributed by atoms with van der Waals surface area (Å²) in [5, 5.41) is 8.96. The molecule has 0 heterocycles. The Kier molecular flexibility index (Phi) is 3.62. The van der Waals surface area contributed by atoms with Crippen LogP contribution in [-0.4, -0.2) is 22.4 Å². The quantitative estimate of drug-likeness (QED) is 0.590. The molecule has 13 heavy (non-hydrogen) atoms. The summed E-state index contributed by atoms with van der Waals surface area (Å²) in [5.41, 5.74) is 5.62. The van der Waals surface area contributed by atoms with E-state index in [0.717, 1.165) is 19.3 Å². The van der Waals surface area contributed by atoms with Crippen LogP contribution >= 0.6 is 12.6 Å². The van der Waals surface area contributed by atoms with Gasteiger partial charge in [0, 0.05) is 5.25 Å². The van der Waals surface area contributed by atoms with Crippen molar-refractivity contribution >= 4 is 18.6 Å². The molecule has 0 aromatic heterocycles. The van der Waals surface area contributed by atoms with E-state index < -0.39 is 12.0 Å².